The molecule has 1 aliphatic heterocycles. The van der Waals surface area contributed by atoms with Crippen molar-refractivity contribution in [1.82, 2.24) is 10.1 Å². The minimum atomic E-state index is 0.694. The van der Waals surface area contributed by atoms with E-state index in [-0.39, 0.29) is 0 Å². The molecule has 4 heteroatoms. The number of nitrogens with two attached hydrogens (primary N) is 1. The van der Waals surface area contributed by atoms with Crippen LogP contribution in [0.5, 0.6) is 0 Å². The minimum absolute atomic E-state index is 0.694. The van der Waals surface area contributed by atoms with Crippen LogP contribution in [-0.2, 0) is 6.54 Å². The third-order valence-corrected chi connectivity index (χ3v) is 4.33. The number of rotatable bonds is 4. The summed E-state index contributed by atoms with van der Waals surface area (Å²) in [5.41, 5.74) is 9.01. The molecular formula is C17H23N3O. The molecule has 3 rings (SSSR count). The van der Waals surface area contributed by atoms with E-state index < -0.39 is 0 Å². The molecule has 0 radical (unpaired) electrons. The summed E-state index contributed by atoms with van der Waals surface area (Å²) in [4.78, 5) is 2.42. The highest BCUT2D eigenvalue weighted by molar-refractivity contribution is 5.59. The fourth-order valence-electron chi connectivity index (χ4n) is 2.85. The summed E-state index contributed by atoms with van der Waals surface area (Å²) in [6, 6.07) is 10.4. The summed E-state index contributed by atoms with van der Waals surface area (Å²) in [5.74, 6) is 1.64. The molecule has 0 atom stereocenters. The van der Waals surface area contributed by atoms with Crippen LogP contribution in [0, 0.1) is 12.8 Å². The monoisotopic (exact) mass is 285 g/mol. The van der Waals surface area contributed by atoms with Gasteiger partial charge in [0.25, 0.3) is 0 Å². The van der Waals surface area contributed by atoms with Gasteiger partial charge in [-0.3, -0.25) is 4.90 Å². The van der Waals surface area contributed by atoms with Gasteiger partial charge in [0.05, 0.1) is 6.54 Å². The fourth-order valence-corrected chi connectivity index (χ4v) is 2.85. The number of aromatic nitrogens is 1. The summed E-state index contributed by atoms with van der Waals surface area (Å²) in [5, 5.41) is 4.19. The predicted molar refractivity (Wildman–Crippen MR) is 83.7 cm³/mol. The molecule has 112 valence electrons. The van der Waals surface area contributed by atoms with Crippen LogP contribution in [-0.4, -0.2) is 29.7 Å². The molecule has 2 heterocycles. The fraction of sp³-hybridized carbons (Fsp3) is 0.471. The van der Waals surface area contributed by atoms with E-state index in [0.29, 0.717) is 5.92 Å². The van der Waals surface area contributed by atoms with Gasteiger partial charge < -0.3 is 10.3 Å². The second-order valence-corrected chi connectivity index (χ2v) is 6.00. The Morgan fingerprint density at radius 3 is 2.62 bits per heavy atom. The van der Waals surface area contributed by atoms with Gasteiger partial charge in [0.15, 0.2) is 5.76 Å². The van der Waals surface area contributed by atoms with Gasteiger partial charge in [-0.25, -0.2) is 0 Å². The van der Waals surface area contributed by atoms with E-state index >= 15 is 0 Å². The van der Waals surface area contributed by atoms with Crippen molar-refractivity contribution in [1.29, 1.82) is 0 Å². The van der Waals surface area contributed by atoms with Crippen molar-refractivity contribution in [3.8, 4) is 11.3 Å². The van der Waals surface area contributed by atoms with Gasteiger partial charge in [0.1, 0.15) is 5.69 Å². The van der Waals surface area contributed by atoms with Crippen LogP contribution in [0.25, 0.3) is 11.3 Å². The second-order valence-electron chi connectivity index (χ2n) is 6.00. The molecule has 1 aromatic heterocycles. The summed E-state index contributed by atoms with van der Waals surface area (Å²) < 4.78 is 5.49. The third kappa shape index (κ3) is 3.52. The Balaban J connectivity index is 1.62. The molecule has 4 nitrogen and oxygen atoms in total. The highest BCUT2D eigenvalue weighted by Gasteiger charge is 2.19. The first kappa shape index (κ1) is 14.3. The van der Waals surface area contributed by atoms with Crippen LogP contribution in [0.3, 0.4) is 0 Å². The maximum atomic E-state index is 5.73. The SMILES string of the molecule is Cc1ccc(-c2cc(CN3CCC(CN)CC3)on2)cc1. The number of benzene rings is 1. The zero-order valence-electron chi connectivity index (χ0n) is 12.6. The highest BCUT2D eigenvalue weighted by Crippen LogP contribution is 2.22. The zero-order valence-corrected chi connectivity index (χ0v) is 12.6. The van der Waals surface area contributed by atoms with E-state index in [1.807, 2.05) is 0 Å². The summed E-state index contributed by atoms with van der Waals surface area (Å²) in [6.07, 6.45) is 2.38. The van der Waals surface area contributed by atoms with E-state index in [0.717, 1.165) is 43.2 Å². The third-order valence-electron chi connectivity index (χ3n) is 4.33. The summed E-state index contributed by atoms with van der Waals surface area (Å²) >= 11 is 0. The number of hydrogen-bond donors (Lipinski definition) is 1. The van der Waals surface area contributed by atoms with Gasteiger partial charge in [0, 0.05) is 11.6 Å². The Hall–Kier alpha value is -1.65. The lowest BCUT2D eigenvalue weighted by Crippen LogP contribution is -2.35. The molecule has 1 aliphatic rings. The average molecular weight is 285 g/mol. The lowest BCUT2D eigenvalue weighted by atomic mass is 9.97. The number of piperidine rings is 1. The van der Waals surface area contributed by atoms with Gasteiger partial charge in [-0.05, 0) is 45.3 Å². The van der Waals surface area contributed by atoms with Gasteiger partial charge in [-0.1, -0.05) is 35.0 Å². The molecule has 2 N–H and O–H groups in total. The van der Waals surface area contributed by atoms with Crippen LogP contribution in [0.4, 0.5) is 0 Å². The van der Waals surface area contributed by atoms with Crippen molar-refractivity contribution in [2.24, 2.45) is 11.7 Å². The standard InChI is InChI=1S/C17H23N3O/c1-13-2-4-15(5-3-13)17-10-16(21-19-17)12-20-8-6-14(11-18)7-9-20/h2-5,10,14H,6-9,11-12,18H2,1H3. The Bertz CT molecular complexity index is 568. The van der Waals surface area contributed by atoms with Crippen molar-refractivity contribution in [2.75, 3.05) is 19.6 Å². The molecule has 0 bridgehead atoms. The summed E-state index contributed by atoms with van der Waals surface area (Å²) in [7, 11) is 0. The van der Waals surface area contributed by atoms with E-state index in [1.165, 1.54) is 18.4 Å². The van der Waals surface area contributed by atoms with Gasteiger partial charge in [-0.15, -0.1) is 0 Å². The van der Waals surface area contributed by atoms with Crippen molar-refractivity contribution in [3.05, 3.63) is 41.7 Å². The first-order valence-electron chi connectivity index (χ1n) is 7.69. The van der Waals surface area contributed by atoms with Crippen molar-refractivity contribution in [2.45, 2.75) is 26.3 Å². The molecule has 1 aromatic carbocycles. The average Bonchev–Trinajstić information content (AvgIpc) is 2.97. The van der Waals surface area contributed by atoms with Crippen LogP contribution in [0.2, 0.25) is 0 Å². The molecule has 1 fully saturated rings. The molecule has 0 spiro atoms. The smallest absolute Gasteiger partial charge is 0.151 e. The summed E-state index contributed by atoms with van der Waals surface area (Å²) in [6.45, 7) is 5.94. The lowest BCUT2D eigenvalue weighted by Gasteiger charge is -2.30. The lowest BCUT2D eigenvalue weighted by molar-refractivity contribution is 0.164. The zero-order chi connectivity index (χ0) is 14.7. The molecule has 1 saturated heterocycles. The molecular weight excluding hydrogens is 262 g/mol. The number of nitrogens with zero attached hydrogens (tertiary/aromatic N) is 2. The number of likely N-dealkylation sites (tertiary alicyclic amines) is 1. The largest absolute Gasteiger partial charge is 0.359 e. The Morgan fingerprint density at radius 1 is 1.24 bits per heavy atom. The molecule has 0 unspecified atom stereocenters. The highest BCUT2D eigenvalue weighted by atomic mass is 16.5. The quantitative estimate of drug-likeness (QED) is 0.938. The number of aryl methyl sites for hydroxylation is 1. The predicted octanol–water partition coefficient (Wildman–Crippen LogP) is 2.82. The second kappa shape index (κ2) is 6.41. The first-order chi connectivity index (χ1) is 10.2. The van der Waals surface area contributed by atoms with Crippen LogP contribution in [0.1, 0.15) is 24.2 Å². The van der Waals surface area contributed by atoms with E-state index in [9.17, 15) is 0 Å². The molecule has 0 saturated carbocycles. The van der Waals surface area contributed by atoms with Crippen molar-refractivity contribution < 1.29 is 4.52 Å². The van der Waals surface area contributed by atoms with E-state index in [2.05, 4.69) is 47.3 Å². The molecule has 21 heavy (non-hydrogen) atoms. The van der Waals surface area contributed by atoms with Crippen LogP contribution < -0.4 is 5.73 Å². The molecule has 2 aromatic rings. The van der Waals surface area contributed by atoms with Crippen LogP contribution in [0.15, 0.2) is 34.9 Å². The normalized spacial score (nSPS) is 17.2. The maximum Gasteiger partial charge on any atom is 0.151 e. The molecule has 0 aliphatic carbocycles. The molecule has 0 amide bonds. The van der Waals surface area contributed by atoms with Gasteiger partial charge in [-0.2, -0.15) is 0 Å². The number of hydrogen-bond acceptors (Lipinski definition) is 4. The van der Waals surface area contributed by atoms with Gasteiger partial charge >= 0.3 is 0 Å². The minimum Gasteiger partial charge on any atom is -0.359 e. The van der Waals surface area contributed by atoms with Crippen molar-refractivity contribution in [3.63, 3.8) is 0 Å². The Labute approximate surface area is 125 Å². The maximum absolute atomic E-state index is 5.73. The van der Waals surface area contributed by atoms with E-state index in [1.54, 1.807) is 0 Å². The first-order valence-corrected chi connectivity index (χ1v) is 7.69. The Kier molecular flexibility index (Phi) is 4.36. The van der Waals surface area contributed by atoms with Gasteiger partial charge in [0.2, 0.25) is 0 Å². The van der Waals surface area contributed by atoms with E-state index in [4.69, 9.17) is 10.3 Å². The van der Waals surface area contributed by atoms with Crippen LogP contribution >= 0.6 is 0 Å². The Morgan fingerprint density at radius 2 is 1.95 bits per heavy atom. The van der Waals surface area contributed by atoms with Crippen molar-refractivity contribution >= 4 is 0 Å². The topological polar surface area (TPSA) is 55.3 Å².